The van der Waals surface area contributed by atoms with Gasteiger partial charge in [0.1, 0.15) is 0 Å². The van der Waals surface area contributed by atoms with E-state index in [1.807, 2.05) is 27.7 Å². The first-order valence-corrected chi connectivity index (χ1v) is 4.57. The highest BCUT2D eigenvalue weighted by Crippen LogP contribution is 2.29. The van der Waals surface area contributed by atoms with E-state index in [4.69, 9.17) is 11.6 Å². The highest BCUT2D eigenvalue weighted by atomic mass is 16.2. The predicted octanol–water partition coefficient (Wildman–Crippen LogP) is 0.360. The number of nitrogens with zero attached hydrogens (tertiary/aromatic N) is 2. The summed E-state index contributed by atoms with van der Waals surface area (Å²) in [5, 5.41) is 1.59. The minimum Gasteiger partial charge on any atom is -0.351 e. The molecule has 0 aliphatic rings. The van der Waals surface area contributed by atoms with E-state index >= 15 is 0 Å². The van der Waals surface area contributed by atoms with Crippen molar-refractivity contribution in [2.24, 2.45) is 11.6 Å². The van der Waals surface area contributed by atoms with E-state index in [2.05, 4.69) is 0 Å². The quantitative estimate of drug-likeness (QED) is 0.512. The van der Waals surface area contributed by atoms with Crippen molar-refractivity contribution in [1.82, 2.24) is 9.91 Å². The lowest BCUT2D eigenvalue weighted by Gasteiger charge is -2.50. The van der Waals surface area contributed by atoms with Crippen LogP contribution >= 0.6 is 0 Å². The number of amides is 2. The van der Waals surface area contributed by atoms with Gasteiger partial charge in [0, 0.05) is 14.1 Å². The lowest BCUT2D eigenvalue weighted by molar-refractivity contribution is 0.00916. The van der Waals surface area contributed by atoms with E-state index in [9.17, 15) is 4.79 Å². The molecular formula is C9H22N4O. The van der Waals surface area contributed by atoms with Crippen molar-refractivity contribution in [2.75, 3.05) is 14.1 Å². The number of carbonyl (C=O) groups is 1. The van der Waals surface area contributed by atoms with Gasteiger partial charge in [-0.25, -0.2) is 9.80 Å². The standard InChI is InChI=1S/C9H22N4O/c1-8(2,12(5)7(10)14)9(3,4)13(6)11/h11H2,1-6H3,(H2,10,14). The Morgan fingerprint density at radius 2 is 1.43 bits per heavy atom. The molecule has 14 heavy (non-hydrogen) atoms. The summed E-state index contributed by atoms with van der Waals surface area (Å²) in [6.07, 6.45) is 0. The largest absolute Gasteiger partial charge is 0.351 e. The zero-order chi connectivity index (χ0) is 11.7. The van der Waals surface area contributed by atoms with E-state index < -0.39 is 11.6 Å². The second-order valence-electron chi connectivity index (χ2n) is 4.63. The van der Waals surface area contributed by atoms with Crippen LogP contribution in [-0.2, 0) is 0 Å². The van der Waals surface area contributed by atoms with Gasteiger partial charge in [0.25, 0.3) is 0 Å². The van der Waals surface area contributed by atoms with E-state index in [0.717, 1.165) is 0 Å². The molecule has 0 atom stereocenters. The van der Waals surface area contributed by atoms with Crippen molar-refractivity contribution in [3.05, 3.63) is 0 Å². The van der Waals surface area contributed by atoms with Crippen molar-refractivity contribution in [3.8, 4) is 0 Å². The second-order valence-corrected chi connectivity index (χ2v) is 4.63. The Labute approximate surface area is 86.0 Å². The van der Waals surface area contributed by atoms with E-state index in [-0.39, 0.29) is 5.54 Å². The van der Waals surface area contributed by atoms with Gasteiger partial charge in [-0.3, -0.25) is 5.84 Å². The van der Waals surface area contributed by atoms with Gasteiger partial charge in [0.2, 0.25) is 0 Å². The maximum Gasteiger partial charge on any atom is 0.315 e. The van der Waals surface area contributed by atoms with E-state index in [1.165, 1.54) is 4.90 Å². The van der Waals surface area contributed by atoms with Crippen LogP contribution in [0.25, 0.3) is 0 Å². The number of likely N-dealkylation sites (N-methyl/N-ethyl adjacent to an activating group) is 2. The fourth-order valence-electron chi connectivity index (χ4n) is 1.12. The first-order valence-electron chi connectivity index (χ1n) is 4.57. The smallest absolute Gasteiger partial charge is 0.315 e. The molecule has 0 rings (SSSR count). The number of primary amides is 1. The zero-order valence-electron chi connectivity index (χ0n) is 9.96. The van der Waals surface area contributed by atoms with Gasteiger partial charge in [-0.2, -0.15) is 0 Å². The molecule has 84 valence electrons. The molecule has 0 fully saturated rings. The van der Waals surface area contributed by atoms with Crippen molar-refractivity contribution in [2.45, 2.75) is 38.8 Å². The van der Waals surface area contributed by atoms with Crippen LogP contribution in [0.5, 0.6) is 0 Å². The van der Waals surface area contributed by atoms with Gasteiger partial charge in [-0.15, -0.1) is 0 Å². The van der Waals surface area contributed by atoms with E-state index in [0.29, 0.717) is 0 Å². The number of nitrogens with two attached hydrogens (primary N) is 2. The molecule has 0 aromatic rings. The minimum atomic E-state index is -0.454. The first kappa shape index (κ1) is 13.2. The van der Waals surface area contributed by atoms with Crippen LogP contribution in [0.4, 0.5) is 4.79 Å². The summed E-state index contributed by atoms with van der Waals surface area (Å²) in [6.45, 7) is 7.79. The Kier molecular flexibility index (Phi) is 3.53. The molecular weight excluding hydrogens is 180 g/mol. The summed E-state index contributed by atoms with van der Waals surface area (Å²) in [5.74, 6) is 5.75. The van der Waals surface area contributed by atoms with Gasteiger partial charge in [-0.1, -0.05) is 0 Å². The monoisotopic (exact) mass is 202 g/mol. The zero-order valence-corrected chi connectivity index (χ0v) is 9.96. The molecule has 0 bridgehead atoms. The summed E-state index contributed by atoms with van der Waals surface area (Å²) < 4.78 is 0. The normalized spacial score (nSPS) is 13.1. The number of hydrogen-bond acceptors (Lipinski definition) is 3. The highest BCUT2D eigenvalue weighted by Gasteiger charge is 2.43. The van der Waals surface area contributed by atoms with Crippen LogP contribution in [-0.4, -0.2) is 41.1 Å². The molecule has 5 heteroatoms. The summed E-state index contributed by atoms with van der Waals surface area (Å²) in [5.41, 5.74) is 4.44. The third kappa shape index (κ3) is 1.99. The predicted molar refractivity (Wildman–Crippen MR) is 57.5 cm³/mol. The van der Waals surface area contributed by atoms with Crippen molar-refractivity contribution >= 4 is 6.03 Å². The lowest BCUT2D eigenvalue weighted by atomic mass is 9.81. The van der Waals surface area contributed by atoms with Crippen molar-refractivity contribution < 1.29 is 4.79 Å². The lowest BCUT2D eigenvalue weighted by Crippen LogP contribution is -2.67. The van der Waals surface area contributed by atoms with Gasteiger partial charge < -0.3 is 10.6 Å². The Hall–Kier alpha value is -0.810. The van der Waals surface area contributed by atoms with Crippen molar-refractivity contribution in [3.63, 3.8) is 0 Å². The molecule has 4 N–H and O–H groups in total. The molecule has 0 aromatic heterocycles. The maximum atomic E-state index is 11.1. The molecule has 0 radical (unpaired) electrons. The maximum absolute atomic E-state index is 11.1. The van der Waals surface area contributed by atoms with Crippen LogP contribution in [0.15, 0.2) is 0 Å². The van der Waals surface area contributed by atoms with Gasteiger partial charge >= 0.3 is 6.03 Å². The van der Waals surface area contributed by atoms with Crippen LogP contribution in [0.1, 0.15) is 27.7 Å². The fraction of sp³-hybridized carbons (Fsp3) is 0.889. The SMILES string of the molecule is CN(N)C(C)(C)C(C)(C)N(C)C(N)=O. The number of hydrogen-bond donors (Lipinski definition) is 2. The van der Waals surface area contributed by atoms with Gasteiger partial charge in [-0.05, 0) is 27.7 Å². The highest BCUT2D eigenvalue weighted by molar-refractivity contribution is 5.72. The molecule has 0 saturated carbocycles. The summed E-state index contributed by atoms with van der Waals surface area (Å²) >= 11 is 0. The number of urea groups is 1. The third-order valence-corrected chi connectivity index (χ3v) is 3.55. The first-order chi connectivity index (χ1) is 6.05. The molecule has 0 heterocycles. The molecule has 0 unspecified atom stereocenters. The fourth-order valence-corrected chi connectivity index (χ4v) is 1.12. The van der Waals surface area contributed by atoms with Crippen LogP contribution < -0.4 is 11.6 Å². The minimum absolute atomic E-state index is 0.364. The molecule has 5 nitrogen and oxygen atoms in total. The summed E-state index contributed by atoms with van der Waals surface area (Å²) in [6, 6.07) is -0.454. The molecule has 0 aliphatic heterocycles. The Balaban J connectivity index is 5.03. The van der Waals surface area contributed by atoms with Crippen molar-refractivity contribution in [1.29, 1.82) is 0 Å². The number of rotatable bonds is 3. The molecule has 2 amide bonds. The average molecular weight is 202 g/mol. The topological polar surface area (TPSA) is 75.6 Å². The van der Waals surface area contributed by atoms with Crippen LogP contribution in [0, 0.1) is 0 Å². The van der Waals surface area contributed by atoms with E-state index in [1.54, 1.807) is 19.1 Å². The molecule has 0 saturated heterocycles. The number of carbonyl (C=O) groups excluding carboxylic acids is 1. The Morgan fingerprint density at radius 3 is 1.64 bits per heavy atom. The third-order valence-electron chi connectivity index (χ3n) is 3.55. The Morgan fingerprint density at radius 1 is 1.07 bits per heavy atom. The van der Waals surface area contributed by atoms with Gasteiger partial charge in [0.15, 0.2) is 0 Å². The summed E-state index contributed by atoms with van der Waals surface area (Å²) in [4.78, 5) is 12.6. The summed E-state index contributed by atoms with van der Waals surface area (Å²) in [7, 11) is 3.45. The van der Waals surface area contributed by atoms with Crippen LogP contribution in [0.2, 0.25) is 0 Å². The average Bonchev–Trinajstić information content (AvgIpc) is 2.01. The molecule has 0 aromatic carbocycles. The van der Waals surface area contributed by atoms with Crippen LogP contribution in [0.3, 0.4) is 0 Å². The van der Waals surface area contributed by atoms with Gasteiger partial charge in [0.05, 0.1) is 11.1 Å². The molecule has 0 spiro atoms. The second kappa shape index (κ2) is 3.74. The molecule has 0 aliphatic carbocycles. The Bertz CT molecular complexity index is 223. The number of hydrazine groups is 1.